The molecule has 1 aromatic carbocycles. The SMILES string of the molecule is COc1ccc(Cl)cc1C(=O)N=c1sc(C(C)(C)C)cn1CC1CC(C)(O)C1. The molecule has 1 heterocycles. The van der Waals surface area contributed by atoms with E-state index in [9.17, 15) is 9.90 Å². The third kappa shape index (κ3) is 4.67. The highest BCUT2D eigenvalue weighted by Crippen LogP contribution is 2.38. The summed E-state index contributed by atoms with van der Waals surface area (Å²) in [5.41, 5.74) is -0.267. The van der Waals surface area contributed by atoms with E-state index < -0.39 is 5.60 Å². The zero-order chi connectivity index (χ0) is 20.7. The molecule has 1 fully saturated rings. The van der Waals surface area contributed by atoms with E-state index in [1.165, 1.54) is 18.4 Å². The number of benzene rings is 1. The summed E-state index contributed by atoms with van der Waals surface area (Å²) in [7, 11) is 1.52. The maximum absolute atomic E-state index is 12.9. The number of aliphatic hydroxyl groups is 1. The van der Waals surface area contributed by atoms with E-state index in [1.54, 1.807) is 18.2 Å². The van der Waals surface area contributed by atoms with E-state index in [1.807, 2.05) is 11.5 Å². The van der Waals surface area contributed by atoms with E-state index in [0.29, 0.717) is 27.1 Å². The number of halogens is 1. The van der Waals surface area contributed by atoms with Gasteiger partial charge in [-0.3, -0.25) is 4.79 Å². The fraction of sp³-hybridized carbons (Fsp3) is 0.524. The van der Waals surface area contributed by atoms with Gasteiger partial charge in [0.25, 0.3) is 5.91 Å². The Balaban J connectivity index is 1.98. The summed E-state index contributed by atoms with van der Waals surface area (Å²) >= 11 is 7.59. The van der Waals surface area contributed by atoms with Crippen molar-refractivity contribution in [2.75, 3.05) is 7.11 Å². The molecule has 152 valence electrons. The number of hydrogen-bond acceptors (Lipinski definition) is 4. The average molecular weight is 423 g/mol. The van der Waals surface area contributed by atoms with Gasteiger partial charge in [-0.05, 0) is 49.3 Å². The maximum Gasteiger partial charge on any atom is 0.283 e. The van der Waals surface area contributed by atoms with E-state index in [2.05, 4.69) is 32.0 Å². The van der Waals surface area contributed by atoms with E-state index >= 15 is 0 Å². The predicted octanol–water partition coefficient (Wildman–Crippen LogP) is 4.41. The Kier molecular flexibility index (Phi) is 5.76. The van der Waals surface area contributed by atoms with Crippen LogP contribution in [0.1, 0.15) is 55.8 Å². The van der Waals surface area contributed by atoms with Gasteiger partial charge in [-0.25, -0.2) is 0 Å². The molecule has 5 nitrogen and oxygen atoms in total. The van der Waals surface area contributed by atoms with Crippen molar-refractivity contribution < 1.29 is 14.6 Å². The molecule has 0 bridgehead atoms. The minimum atomic E-state index is -0.574. The summed E-state index contributed by atoms with van der Waals surface area (Å²) in [5, 5.41) is 10.5. The fourth-order valence-electron chi connectivity index (χ4n) is 3.53. The van der Waals surface area contributed by atoms with Gasteiger partial charge >= 0.3 is 0 Å². The Morgan fingerprint density at radius 3 is 2.68 bits per heavy atom. The topological polar surface area (TPSA) is 63.8 Å². The monoisotopic (exact) mass is 422 g/mol. The Morgan fingerprint density at radius 2 is 2.11 bits per heavy atom. The van der Waals surface area contributed by atoms with Gasteiger partial charge in [0.15, 0.2) is 4.80 Å². The molecule has 1 amide bonds. The van der Waals surface area contributed by atoms with Crippen LogP contribution < -0.4 is 9.54 Å². The van der Waals surface area contributed by atoms with Crippen LogP contribution in [0.4, 0.5) is 0 Å². The molecule has 0 atom stereocenters. The number of aromatic nitrogens is 1. The third-order valence-electron chi connectivity index (χ3n) is 4.96. The largest absolute Gasteiger partial charge is 0.496 e. The first-order valence-corrected chi connectivity index (χ1v) is 10.5. The molecule has 28 heavy (non-hydrogen) atoms. The van der Waals surface area contributed by atoms with Gasteiger partial charge in [-0.2, -0.15) is 4.99 Å². The number of methoxy groups -OCH3 is 1. The Bertz CT molecular complexity index is 945. The molecular formula is C21H27ClN2O3S. The van der Waals surface area contributed by atoms with Crippen LogP contribution in [0.2, 0.25) is 5.02 Å². The number of nitrogens with zero attached hydrogens (tertiary/aromatic N) is 2. The Hall–Kier alpha value is -1.63. The molecule has 1 saturated carbocycles. The molecular weight excluding hydrogens is 396 g/mol. The predicted molar refractivity (Wildman–Crippen MR) is 112 cm³/mol. The Morgan fingerprint density at radius 1 is 1.43 bits per heavy atom. The molecule has 7 heteroatoms. The third-order valence-corrected chi connectivity index (χ3v) is 6.64. The van der Waals surface area contributed by atoms with Crippen molar-refractivity contribution in [1.82, 2.24) is 4.57 Å². The van der Waals surface area contributed by atoms with Crippen molar-refractivity contribution in [3.8, 4) is 5.75 Å². The average Bonchev–Trinajstić information content (AvgIpc) is 2.96. The number of amides is 1. The molecule has 1 N–H and O–H groups in total. The van der Waals surface area contributed by atoms with Gasteiger partial charge in [0.1, 0.15) is 5.75 Å². The van der Waals surface area contributed by atoms with Gasteiger partial charge in [0.05, 0.1) is 18.3 Å². The fourth-order valence-corrected chi connectivity index (χ4v) is 4.76. The van der Waals surface area contributed by atoms with Crippen LogP contribution in [0, 0.1) is 5.92 Å². The lowest BCUT2D eigenvalue weighted by molar-refractivity contribution is -0.0619. The minimum Gasteiger partial charge on any atom is -0.496 e. The standard InChI is InChI=1S/C21H27ClN2O3S/c1-20(2,3)17-12-24(11-13-9-21(4,26)10-13)19(28-17)23-18(25)15-8-14(22)6-7-16(15)27-5/h6-8,12-13,26H,9-11H2,1-5H3. The van der Waals surface area contributed by atoms with Crippen LogP contribution in [-0.2, 0) is 12.0 Å². The molecule has 0 radical (unpaired) electrons. The smallest absolute Gasteiger partial charge is 0.283 e. The van der Waals surface area contributed by atoms with Gasteiger partial charge in [-0.15, -0.1) is 11.3 Å². The lowest BCUT2D eigenvalue weighted by Crippen LogP contribution is -2.43. The molecule has 3 rings (SSSR count). The van der Waals surface area contributed by atoms with Crippen molar-refractivity contribution >= 4 is 28.8 Å². The number of hydrogen-bond donors (Lipinski definition) is 1. The molecule has 1 aliphatic carbocycles. The van der Waals surface area contributed by atoms with Crippen LogP contribution in [0.5, 0.6) is 5.75 Å². The van der Waals surface area contributed by atoms with Gasteiger partial charge in [-0.1, -0.05) is 32.4 Å². The number of thiazole rings is 1. The molecule has 1 aliphatic rings. The maximum atomic E-state index is 12.9. The minimum absolute atomic E-state index is 0.0396. The highest BCUT2D eigenvalue weighted by atomic mass is 35.5. The van der Waals surface area contributed by atoms with Gasteiger partial charge < -0.3 is 14.4 Å². The first-order valence-electron chi connectivity index (χ1n) is 9.34. The zero-order valence-electron chi connectivity index (χ0n) is 17.0. The van der Waals surface area contributed by atoms with Crippen molar-refractivity contribution in [2.45, 2.75) is 58.1 Å². The normalized spacial score (nSPS) is 22.8. The first-order chi connectivity index (χ1) is 13.0. The Labute approximate surface area is 174 Å². The summed E-state index contributed by atoms with van der Waals surface area (Å²) in [4.78, 5) is 19.1. The van der Waals surface area contributed by atoms with Crippen LogP contribution in [0.15, 0.2) is 29.4 Å². The van der Waals surface area contributed by atoms with E-state index in [-0.39, 0.29) is 11.3 Å². The first kappa shape index (κ1) is 21.1. The molecule has 0 unspecified atom stereocenters. The number of carbonyl (C=O) groups excluding carboxylic acids is 1. The second kappa shape index (κ2) is 7.65. The van der Waals surface area contributed by atoms with Crippen molar-refractivity contribution in [1.29, 1.82) is 0 Å². The summed E-state index contributed by atoms with van der Waals surface area (Å²) < 4.78 is 7.33. The van der Waals surface area contributed by atoms with Crippen LogP contribution in [-0.4, -0.2) is 28.3 Å². The van der Waals surface area contributed by atoms with E-state index in [4.69, 9.17) is 16.3 Å². The second-order valence-electron chi connectivity index (χ2n) is 8.81. The molecule has 0 spiro atoms. The number of carbonyl (C=O) groups is 1. The molecule has 1 aromatic heterocycles. The summed E-state index contributed by atoms with van der Waals surface area (Å²) in [6.45, 7) is 9.03. The van der Waals surface area contributed by atoms with Crippen LogP contribution >= 0.6 is 22.9 Å². The number of rotatable bonds is 4. The van der Waals surface area contributed by atoms with Gasteiger partial charge in [0, 0.05) is 22.6 Å². The second-order valence-corrected chi connectivity index (χ2v) is 10.3. The number of ether oxygens (including phenoxy) is 1. The van der Waals surface area contributed by atoms with Crippen molar-refractivity contribution in [2.24, 2.45) is 10.9 Å². The van der Waals surface area contributed by atoms with Crippen molar-refractivity contribution in [3.63, 3.8) is 0 Å². The zero-order valence-corrected chi connectivity index (χ0v) is 18.5. The molecule has 2 aromatic rings. The summed E-state index contributed by atoms with van der Waals surface area (Å²) in [6, 6.07) is 4.94. The summed E-state index contributed by atoms with van der Waals surface area (Å²) in [5.74, 6) is 0.454. The van der Waals surface area contributed by atoms with Gasteiger partial charge in [0.2, 0.25) is 0 Å². The highest BCUT2D eigenvalue weighted by Gasteiger charge is 2.38. The summed E-state index contributed by atoms with van der Waals surface area (Å²) in [6.07, 6.45) is 3.60. The van der Waals surface area contributed by atoms with Crippen LogP contribution in [0.3, 0.4) is 0 Å². The van der Waals surface area contributed by atoms with Crippen molar-refractivity contribution in [3.05, 3.63) is 44.7 Å². The molecule has 0 saturated heterocycles. The lowest BCUT2D eigenvalue weighted by atomic mass is 9.72. The highest BCUT2D eigenvalue weighted by molar-refractivity contribution is 7.09. The van der Waals surface area contributed by atoms with Crippen LogP contribution in [0.25, 0.3) is 0 Å². The molecule has 0 aliphatic heterocycles. The lowest BCUT2D eigenvalue weighted by Gasteiger charge is -2.41. The quantitative estimate of drug-likeness (QED) is 0.793. The van der Waals surface area contributed by atoms with E-state index in [0.717, 1.165) is 24.3 Å².